The van der Waals surface area contributed by atoms with Crippen molar-refractivity contribution in [1.82, 2.24) is 20.3 Å². The summed E-state index contributed by atoms with van der Waals surface area (Å²) in [6, 6.07) is 14.7. The first-order chi connectivity index (χ1) is 16.1. The topological polar surface area (TPSA) is 96.7 Å². The molecular weight excluding hydrogens is 430 g/mol. The van der Waals surface area contributed by atoms with Crippen LogP contribution < -0.4 is 11.1 Å². The summed E-state index contributed by atoms with van der Waals surface area (Å²) in [4.78, 5) is 24.4. The van der Waals surface area contributed by atoms with Crippen LogP contribution in [0.2, 0.25) is 0 Å². The van der Waals surface area contributed by atoms with E-state index in [1.807, 2.05) is 18.4 Å². The molecule has 0 atom stereocenters. The Morgan fingerprint density at radius 2 is 1.88 bits per heavy atom. The Kier molecular flexibility index (Phi) is 5.81. The normalized spacial score (nSPS) is 14.7. The number of fused-ring (bicyclic) bond motifs is 1. The number of anilines is 1. The number of aromatic amines is 1. The van der Waals surface area contributed by atoms with Crippen molar-refractivity contribution in [2.24, 2.45) is 0 Å². The molecule has 0 aliphatic heterocycles. The maximum absolute atomic E-state index is 12.8. The van der Waals surface area contributed by atoms with Gasteiger partial charge in [0, 0.05) is 47.3 Å². The lowest BCUT2D eigenvalue weighted by Crippen LogP contribution is -2.35. The Labute approximate surface area is 197 Å². The van der Waals surface area contributed by atoms with Gasteiger partial charge in [-0.05, 0) is 41.9 Å². The van der Waals surface area contributed by atoms with E-state index >= 15 is 0 Å². The maximum atomic E-state index is 12.8. The second-order valence-corrected chi connectivity index (χ2v) is 9.51. The van der Waals surface area contributed by atoms with E-state index in [9.17, 15) is 4.79 Å². The van der Waals surface area contributed by atoms with Gasteiger partial charge in [-0.25, -0.2) is 9.97 Å². The van der Waals surface area contributed by atoms with E-state index in [0.717, 1.165) is 40.6 Å². The fourth-order valence-corrected chi connectivity index (χ4v) is 5.12. The van der Waals surface area contributed by atoms with Crippen LogP contribution in [0.5, 0.6) is 0 Å². The van der Waals surface area contributed by atoms with Gasteiger partial charge in [0.05, 0.1) is 11.1 Å². The van der Waals surface area contributed by atoms with Crippen molar-refractivity contribution in [2.45, 2.75) is 24.7 Å². The number of thioether (sulfide) groups is 1. The third-order valence-corrected chi connectivity index (χ3v) is 7.33. The minimum atomic E-state index is -0.0393. The number of hydrogen-bond donors (Lipinski definition) is 3. The molecule has 0 saturated heterocycles. The highest BCUT2D eigenvalue weighted by atomic mass is 32.2. The Morgan fingerprint density at radius 3 is 2.55 bits per heavy atom. The molecular formula is C26H27N5OS. The quantitative estimate of drug-likeness (QED) is 0.347. The zero-order valence-electron chi connectivity index (χ0n) is 18.6. The van der Waals surface area contributed by atoms with Crippen molar-refractivity contribution < 1.29 is 4.79 Å². The molecule has 2 heterocycles. The van der Waals surface area contributed by atoms with Gasteiger partial charge in [-0.1, -0.05) is 42.8 Å². The fourth-order valence-electron chi connectivity index (χ4n) is 4.81. The van der Waals surface area contributed by atoms with Gasteiger partial charge >= 0.3 is 0 Å². The van der Waals surface area contributed by atoms with E-state index in [0.29, 0.717) is 12.1 Å². The molecule has 2 aromatic carbocycles. The average Bonchev–Trinajstić information content (AvgIpc) is 3.24. The minimum Gasteiger partial charge on any atom is -0.368 e. The second kappa shape index (κ2) is 8.90. The third kappa shape index (κ3) is 3.86. The van der Waals surface area contributed by atoms with E-state index in [1.165, 1.54) is 17.5 Å². The van der Waals surface area contributed by atoms with Crippen molar-refractivity contribution in [3.63, 3.8) is 0 Å². The molecule has 4 aromatic rings. The number of benzene rings is 2. The van der Waals surface area contributed by atoms with Gasteiger partial charge in [-0.2, -0.15) is 11.8 Å². The predicted molar refractivity (Wildman–Crippen MR) is 136 cm³/mol. The number of carbonyl (C=O) groups is 1. The van der Waals surface area contributed by atoms with Crippen LogP contribution in [-0.2, 0) is 5.41 Å². The molecule has 5 rings (SSSR count). The summed E-state index contributed by atoms with van der Waals surface area (Å²) in [6.07, 6.45) is 11.0. The van der Waals surface area contributed by atoms with Crippen LogP contribution in [0, 0.1) is 0 Å². The molecule has 0 unspecified atom stereocenters. The number of nitrogens with one attached hydrogen (secondary N) is 2. The van der Waals surface area contributed by atoms with Crippen LogP contribution in [0.3, 0.4) is 0 Å². The molecule has 1 aliphatic carbocycles. The molecule has 2 aromatic heterocycles. The van der Waals surface area contributed by atoms with Crippen LogP contribution in [0.1, 0.15) is 40.7 Å². The molecule has 0 radical (unpaired) electrons. The standard InChI is InChI=1S/C26H27N5OS/c1-33-13-12-28-24(32)21-5-2-4-20-22(16-29-23(20)21)26(10-3-11-26)19-8-6-17(7-9-19)18-14-30-25(27)31-15-18/h2,4-9,14-16,29H,3,10-13H2,1H3,(H,28,32)(H2,27,30,31). The summed E-state index contributed by atoms with van der Waals surface area (Å²) in [5.41, 5.74) is 11.8. The van der Waals surface area contributed by atoms with Crippen molar-refractivity contribution in [3.05, 3.63) is 77.7 Å². The largest absolute Gasteiger partial charge is 0.368 e. The molecule has 6 nitrogen and oxygen atoms in total. The molecule has 1 saturated carbocycles. The number of carbonyl (C=O) groups excluding carboxylic acids is 1. The second-order valence-electron chi connectivity index (χ2n) is 8.52. The van der Waals surface area contributed by atoms with Crippen LogP contribution in [0.25, 0.3) is 22.0 Å². The van der Waals surface area contributed by atoms with Gasteiger partial charge in [-0.15, -0.1) is 0 Å². The zero-order valence-corrected chi connectivity index (χ0v) is 19.4. The first-order valence-corrected chi connectivity index (χ1v) is 12.6. The van der Waals surface area contributed by atoms with Gasteiger partial charge < -0.3 is 16.0 Å². The molecule has 1 aliphatic rings. The number of nitrogens with zero attached hydrogens (tertiary/aromatic N) is 2. The summed E-state index contributed by atoms with van der Waals surface area (Å²) in [5, 5.41) is 4.16. The highest BCUT2D eigenvalue weighted by Gasteiger charge is 2.42. The molecule has 7 heteroatoms. The van der Waals surface area contributed by atoms with Crippen LogP contribution in [0.4, 0.5) is 5.95 Å². The van der Waals surface area contributed by atoms with Crippen LogP contribution in [0.15, 0.2) is 61.1 Å². The number of aromatic nitrogens is 3. The van der Waals surface area contributed by atoms with Crippen LogP contribution in [-0.4, -0.2) is 39.4 Å². The van der Waals surface area contributed by atoms with Crippen molar-refractivity contribution in [2.75, 3.05) is 24.3 Å². The summed E-state index contributed by atoms with van der Waals surface area (Å²) >= 11 is 1.72. The lowest BCUT2D eigenvalue weighted by Gasteiger charge is -2.43. The van der Waals surface area contributed by atoms with E-state index in [-0.39, 0.29) is 17.3 Å². The van der Waals surface area contributed by atoms with Gasteiger partial charge in [0.1, 0.15) is 0 Å². The highest BCUT2D eigenvalue weighted by molar-refractivity contribution is 7.98. The number of H-pyrrole nitrogens is 1. The number of nitrogens with two attached hydrogens (primary N) is 1. The molecule has 0 bridgehead atoms. The fraction of sp³-hybridized carbons (Fsp3) is 0.269. The third-order valence-electron chi connectivity index (χ3n) is 6.72. The number of para-hydroxylation sites is 1. The summed E-state index contributed by atoms with van der Waals surface area (Å²) < 4.78 is 0. The lowest BCUT2D eigenvalue weighted by molar-refractivity contribution is 0.0957. The summed E-state index contributed by atoms with van der Waals surface area (Å²) in [7, 11) is 0. The number of nitrogen functional groups attached to an aromatic ring is 1. The van der Waals surface area contributed by atoms with Gasteiger partial charge in [0.15, 0.2) is 0 Å². The highest BCUT2D eigenvalue weighted by Crippen LogP contribution is 2.51. The molecule has 33 heavy (non-hydrogen) atoms. The average molecular weight is 458 g/mol. The minimum absolute atomic E-state index is 0.0271. The molecule has 1 fully saturated rings. The summed E-state index contributed by atoms with van der Waals surface area (Å²) in [5.74, 6) is 1.15. The number of rotatable bonds is 7. The first kappa shape index (κ1) is 21.5. The maximum Gasteiger partial charge on any atom is 0.253 e. The zero-order chi connectivity index (χ0) is 22.8. The van der Waals surface area contributed by atoms with E-state index in [2.05, 4.69) is 56.8 Å². The Morgan fingerprint density at radius 1 is 1.12 bits per heavy atom. The monoisotopic (exact) mass is 457 g/mol. The smallest absolute Gasteiger partial charge is 0.253 e. The Hall–Kier alpha value is -3.32. The van der Waals surface area contributed by atoms with Crippen molar-refractivity contribution >= 4 is 34.5 Å². The molecule has 168 valence electrons. The number of hydrogen-bond acceptors (Lipinski definition) is 5. The van der Waals surface area contributed by atoms with E-state index in [4.69, 9.17) is 5.73 Å². The SMILES string of the molecule is CSCCNC(=O)c1cccc2c(C3(c4ccc(-c5cnc(N)nc5)cc4)CCC3)c[nH]c12. The Balaban J connectivity index is 1.48. The van der Waals surface area contributed by atoms with Crippen molar-refractivity contribution in [3.8, 4) is 11.1 Å². The van der Waals surface area contributed by atoms with Crippen LogP contribution >= 0.6 is 11.8 Å². The first-order valence-electron chi connectivity index (χ1n) is 11.2. The Bertz CT molecular complexity index is 1280. The molecule has 1 amide bonds. The predicted octanol–water partition coefficient (Wildman–Crippen LogP) is 4.77. The van der Waals surface area contributed by atoms with Crippen molar-refractivity contribution in [1.29, 1.82) is 0 Å². The van der Waals surface area contributed by atoms with Gasteiger partial charge in [-0.3, -0.25) is 4.79 Å². The van der Waals surface area contributed by atoms with Gasteiger partial charge in [0.25, 0.3) is 5.91 Å². The molecule has 4 N–H and O–H groups in total. The van der Waals surface area contributed by atoms with E-state index in [1.54, 1.807) is 24.2 Å². The number of amides is 1. The molecule has 0 spiro atoms. The lowest BCUT2D eigenvalue weighted by atomic mass is 9.60. The van der Waals surface area contributed by atoms with Gasteiger partial charge in [0.2, 0.25) is 5.95 Å². The summed E-state index contributed by atoms with van der Waals surface area (Å²) in [6.45, 7) is 0.666. The van der Waals surface area contributed by atoms with E-state index < -0.39 is 0 Å².